The Morgan fingerprint density at radius 1 is 0.750 bits per heavy atom. The van der Waals surface area contributed by atoms with E-state index >= 15 is 0 Å². The number of nitrogens with zero attached hydrogens (tertiary/aromatic N) is 1. The molecule has 1 aliphatic heterocycles. The lowest BCUT2D eigenvalue weighted by molar-refractivity contribution is 0.199. The van der Waals surface area contributed by atoms with Crippen molar-refractivity contribution in [3.05, 3.63) is 0 Å². The van der Waals surface area contributed by atoms with Gasteiger partial charge in [-0.05, 0) is 25.7 Å². The molecule has 0 radical (unpaired) electrons. The first kappa shape index (κ1) is 11.5. The maximum Gasteiger partial charge on any atom is 0.106 e. The molecule has 3 heteroatoms. The van der Waals surface area contributed by atoms with Gasteiger partial charge in [0.25, 0.3) is 0 Å². The molecular weight excluding hydrogens is 226 g/mol. The molecule has 2 aliphatic carbocycles. The van der Waals surface area contributed by atoms with Crippen molar-refractivity contribution in [2.24, 2.45) is 0 Å². The summed E-state index contributed by atoms with van der Waals surface area (Å²) in [5.41, 5.74) is 3.57. The molecule has 3 fully saturated rings. The molecule has 1 saturated heterocycles. The fraction of sp³-hybridized carbons (Fsp3) is 1.00. The zero-order valence-electron chi connectivity index (χ0n) is 10.7. The Hall–Kier alpha value is 0.394. The third-order valence-corrected chi connectivity index (χ3v) is 15.5. The summed E-state index contributed by atoms with van der Waals surface area (Å²) in [4.78, 5) is 0. The lowest BCUT2D eigenvalue weighted by Crippen LogP contribution is -2.56. The largest absolute Gasteiger partial charge is 0.321 e. The lowest BCUT2D eigenvalue weighted by Gasteiger charge is -2.46. The van der Waals surface area contributed by atoms with Crippen LogP contribution < -0.4 is 0 Å². The van der Waals surface area contributed by atoms with E-state index in [1.807, 2.05) is 0 Å². The molecule has 1 heterocycles. The fourth-order valence-corrected chi connectivity index (χ4v) is 11.4. The maximum absolute atomic E-state index is 3.18. The topological polar surface area (TPSA) is 3.24 Å². The van der Waals surface area contributed by atoms with E-state index in [-0.39, 0.29) is 8.96 Å². The van der Waals surface area contributed by atoms with E-state index in [1.54, 1.807) is 37.0 Å². The third-order valence-electron chi connectivity index (χ3n) is 5.24. The average Bonchev–Trinajstić information content (AvgIpc) is 2.77. The number of hydrogen-bond donors (Lipinski definition) is 0. The predicted octanol–water partition coefficient (Wildman–Crippen LogP) is 2.38. The Balaban J connectivity index is 1.66. The number of rotatable bonds is 3. The highest BCUT2D eigenvalue weighted by atomic mass is 28.4. The Morgan fingerprint density at radius 3 is 1.69 bits per heavy atom. The minimum absolute atomic E-state index is 0.347. The molecule has 0 spiro atoms. The summed E-state index contributed by atoms with van der Waals surface area (Å²) in [5, 5.41) is 0. The molecule has 16 heavy (non-hydrogen) atoms. The summed E-state index contributed by atoms with van der Waals surface area (Å²) < 4.78 is 3.18. The van der Waals surface area contributed by atoms with Crippen molar-refractivity contribution in [1.82, 2.24) is 4.57 Å². The Morgan fingerprint density at radius 2 is 1.25 bits per heavy atom. The third kappa shape index (κ3) is 2.32. The van der Waals surface area contributed by atoms with Crippen molar-refractivity contribution in [1.29, 1.82) is 0 Å². The normalized spacial score (nSPS) is 34.7. The van der Waals surface area contributed by atoms with Gasteiger partial charge in [0.1, 0.15) is 8.96 Å². The van der Waals surface area contributed by atoms with Crippen LogP contribution in [0.1, 0.15) is 57.8 Å². The fourth-order valence-electron chi connectivity index (χ4n) is 4.16. The average molecular weight is 254 g/mol. The quantitative estimate of drug-likeness (QED) is 0.698. The molecule has 3 aliphatic rings. The number of hydrogen-bond acceptors (Lipinski definition) is 1. The molecule has 2 saturated carbocycles. The van der Waals surface area contributed by atoms with E-state index in [1.165, 1.54) is 32.1 Å². The van der Waals surface area contributed by atoms with Gasteiger partial charge in [0.2, 0.25) is 0 Å². The van der Waals surface area contributed by atoms with Crippen LogP contribution in [0.5, 0.6) is 0 Å². The second-order valence-electron chi connectivity index (χ2n) is 6.26. The molecule has 0 aromatic carbocycles. The van der Waals surface area contributed by atoms with E-state index in [4.69, 9.17) is 0 Å². The van der Waals surface area contributed by atoms with Gasteiger partial charge in [0.05, 0.1) is 0 Å². The summed E-state index contributed by atoms with van der Waals surface area (Å²) in [5.74, 6) is 0. The van der Waals surface area contributed by atoms with Crippen LogP contribution in [0.4, 0.5) is 0 Å². The van der Waals surface area contributed by atoms with Crippen molar-refractivity contribution >= 4 is 18.5 Å². The first-order valence-electron chi connectivity index (χ1n) is 7.72. The van der Waals surface area contributed by atoms with Gasteiger partial charge in [-0.2, -0.15) is 0 Å². The highest BCUT2D eigenvalue weighted by Crippen LogP contribution is 2.34. The summed E-state index contributed by atoms with van der Waals surface area (Å²) >= 11 is 0. The molecular formula is C13H27NSi2. The van der Waals surface area contributed by atoms with Crippen LogP contribution in [0.25, 0.3) is 0 Å². The molecule has 0 bridgehead atoms. The minimum Gasteiger partial charge on any atom is -0.321 e. The summed E-state index contributed by atoms with van der Waals surface area (Å²) in [6, 6.07) is 2.12. The monoisotopic (exact) mass is 253 g/mol. The predicted molar refractivity (Wildman–Crippen MR) is 76.3 cm³/mol. The summed E-state index contributed by atoms with van der Waals surface area (Å²) in [6.45, 7) is 0. The van der Waals surface area contributed by atoms with Crippen LogP contribution in [-0.4, -0.2) is 35.1 Å². The van der Waals surface area contributed by atoms with Crippen LogP contribution >= 0.6 is 0 Å². The molecule has 1 nitrogen and oxygen atoms in total. The minimum atomic E-state index is -0.347. The molecule has 0 aromatic rings. The zero-order chi connectivity index (χ0) is 10.8. The van der Waals surface area contributed by atoms with Crippen LogP contribution in [0.3, 0.4) is 0 Å². The van der Waals surface area contributed by atoms with Gasteiger partial charge in [-0.25, -0.2) is 0 Å². The molecule has 92 valence electrons. The molecule has 0 N–H and O–H groups in total. The SMILES string of the molecule is C1CCC(N(C2CCCC2)[SiH]2C[SiH2]C2)CC1. The van der Waals surface area contributed by atoms with Gasteiger partial charge in [-0.15, -0.1) is 0 Å². The first-order chi connectivity index (χ1) is 7.95. The van der Waals surface area contributed by atoms with Crippen molar-refractivity contribution in [2.75, 3.05) is 0 Å². The van der Waals surface area contributed by atoms with E-state index in [2.05, 4.69) is 4.57 Å². The summed E-state index contributed by atoms with van der Waals surface area (Å²) in [7, 11) is 0.125. The van der Waals surface area contributed by atoms with Gasteiger partial charge in [-0.1, -0.05) is 43.4 Å². The molecule has 0 unspecified atom stereocenters. The van der Waals surface area contributed by atoms with E-state index in [0.29, 0.717) is 9.52 Å². The van der Waals surface area contributed by atoms with E-state index < -0.39 is 0 Å². The van der Waals surface area contributed by atoms with Crippen molar-refractivity contribution in [3.8, 4) is 0 Å². The Labute approximate surface area is 104 Å². The van der Waals surface area contributed by atoms with Crippen LogP contribution in [0.15, 0.2) is 0 Å². The standard InChI is InChI=1S/C13H27NSi2/c1-2-6-12(7-3-1)14(16-10-15-11-16)13-8-4-5-9-13/h12-13,16H,1-11,15H2. The molecule has 0 aromatic heterocycles. The highest BCUT2D eigenvalue weighted by molar-refractivity contribution is 6.84. The van der Waals surface area contributed by atoms with Crippen molar-refractivity contribution in [2.45, 2.75) is 81.2 Å². The maximum atomic E-state index is 3.18. The lowest BCUT2D eigenvalue weighted by atomic mass is 9.94. The Kier molecular flexibility index (Phi) is 3.85. The van der Waals surface area contributed by atoms with Gasteiger partial charge < -0.3 is 4.57 Å². The van der Waals surface area contributed by atoms with Crippen molar-refractivity contribution < 1.29 is 0 Å². The van der Waals surface area contributed by atoms with Crippen LogP contribution in [0, 0.1) is 0 Å². The molecule has 3 rings (SSSR count). The van der Waals surface area contributed by atoms with Gasteiger partial charge in [0.15, 0.2) is 0 Å². The second-order valence-corrected chi connectivity index (χ2v) is 13.5. The van der Waals surface area contributed by atoms with Crippen LogP contribution in [0.2, 0.25) is 11.3 Å². The Bertz CT molecular complexity index is 218. The van der Waals surface area contributed by atoms with E-state index in [9.17, 15) is 0 Å². The second kappa shape index (κ2) is 5.36. The smallest absolute Gasteiger partial charge is 0.106 e. The van der Waals surface area contributed by atoms with Gasteiger partial charge >= 0.3 is 0 Å². The first-order valence-corrected chi connectivity index (χ1v) is 11.9. The molecule has 0 amide bonds. The van der Waals surface area contributed by atoms with Crippen LogP contribution in [-0.2, 0) is 0 Å². The summed E-state index contributed by atoms with van der Waals surface area (Å²) in [6.07, 6.45) is 13.9. The zero-order valence-corrected chi connectivity index (χ0v) is 13.2. The molecule has 0 atom stereocenters. The van der Waals surface area contributed by atoms with Gasteiger partial charge in [0, 0.05) is 21.6 Å². The highest BCUT2D eigenvalue weighted by Gasteiger charge is 2.37. The van der Waals surface area contributed by atoms with Crippen molar-refractivity contribution in [3.63, 3.8) is 0 Å². The van der Waals surface area contributed by atoms with E-state index in [0.717, 1.165) is 12.1 Å². The van der Waals surface area contributed by atoms with Gasteiger partial charge in [-0.3, -0.25) is 0 Å².